The Morgan fingerprint density at radius 3 is 2.28 bits per heavy atom. The topological polar surface area (TPSA) is 151 Å². The van der Waals surface area contributed by atoms with Crippen molar-refractivity contribution in [2.45, 2.75) is 111 Å². The number of cyclic esters (lactones) is 1. The Morgan fingerprint density at radius 1 is 1.05 bits per heavy atom. The molecule has 0 aromatic heterocycles. The molecular weight excluding hydrogens is 524 g/mol. The maximum absolute atomic E-state index is 13.1. The molecule has 9 nitrogen and oxygen atoms in total. The third kappa shape index (κ3) is 5.55. The summed E-state index contributed by atoms with van der Waals surface area (Å²) in [5.74, 6) is -0.664. The molecule has 0 spiro atoms. The van der Waals surface area contributed by atoms with Crippen molar-refractivity contribution < 1.29 is 42.0 Å². The van der Waals surface area contributed by atoms with Crippen LogP contribution in [-0.4, -0.2) is 65.3 Å². The van der Waals surface area contributed by atoms with Gasteiger partial charge in [-0.05, 0) is 90.8 Å². The number of rotatable bonds is 8. The molecule has 0 aromatic carbocycles. The standard InChI is InChI=1S/C29H50O9S/c1-7-17(15(2)3)25(32)26(38-39(34,35)36)16(4)19-8-9-20-18-14-37-27(33)22-12-23(30)24(31)13-29(22,6)21(18)10-11-28(19,20)5/h15-26,30-32H,7-14H2,1-6H3,(H,34,35,36)/t16-,17-,18-,19+,20-,21-,22+,23-,24+,25+,26+,28+,29+/m0/s1. The fraction of sp³-hybridized carbons (Fsp3) is 0.966. The number of esters is 1. The molecule has 3 aliphatic carbocycles. The molecule has 0 unspecified atom stereocenters. The Kier molecular flexibility index (Phi) is 8.90. The van der Waals surface area contributed by atoms with E-state index in [1.54, 1.807) is 0 Å². The van der Waals surface area contributed by atoms with Gasteiger partial charge in [0.2, 0.25) is 0 Å². The third-order valence-electron chi connectivity index (χ3n) is 11.9. The van der Waals surface area contributed by atoms with Crippen LogP contribution < -0.4 is 0 Å². The molecule has 1 saturated heterocycles. The molecule has 0 aromatic rings. The summed E-state index contributed by atoms with van der Waals surface area (Å²) in [6, 6.07) is 0. The van der Waals surface area contributed by atoms with Crippen LogP contribution in [0.15, 0.2) is 0 Å². The molecule has 0 amide bonds. The smallest absolute Gasteiger partial charge is 0.397 e. The van der Waals surface area contributed by atoms with E-state index in [1.165, 1.54) is 0 Å². The van der Waals surface area contributed by atoms with Crippen LogP contribution in [0.2, 0.25) is 0 Å². The monoisotopic (exact) mass is 574 g/mol. The highest BCUT2D eigenvalue weighted by atomic mass is 32.3. The fourth-order valence-corrected chi connectivity index (χ4v) is 10.4. The summed E-state index contributed by atoms with van der Waals surface area (Å²) in [5.41, 5.74) is -0.670. The van der Waals surface area contributed by atoms with Crippen molar-refractivity contribution in [1.82, 2.24) is 0 Å². The van der Waals surface area contributed by atoms with Gasteiger partial charge in [-0.25, -0.2) is 4.18 Å². The first-order chi connectivity index (χ1) is 18.0. The second kappa shape index (κ2) is 11.1. The van der Waals surface area contributed by atoms with E-state index in [2.05, 4.69) is 13.8 Å². The predicted octanol–water partition coefficient (Wildman–Crippen LogP) is 3.61. The van der Waals surface area contributed by atoms with Crippen LogP contribution in [-0.2, 0) is 24.1 Å². The first kappa shape index (κ1) is 31.2. The molecule has 226 valence electrons. The summed E-state index contributed by atoms with van der Waals surface area (Å²) in [7, 11) is -4.78. The summed E-state index contributed by atoms with van der Waals surface area (Å²) in [6.07, 6.45) is 0.693. The zero-order chi connectivity index (χ0) is 29.1. The summed E-state index contributed by atoms with van der Waals surface area (Å²) in [4.78, 5) is 13.1. The second-order valence-electron chi connectivity index (χ2n) is 14.0. The van der Waals surface area contributed by atoms with Crippen molar-refractivity contribution in [3.05, 3.63) is 0 Å². The molecule has 0 bridgehead atoms. The lowest BCUT2D eigenvalue weighted by Crippen LogP contribution is -2.55. The number of aliphatic hydroxyl groups excluding tert-OH is 3. The van der Waals surface area contributed by atoms with Gasteiger partial charge in [0.1, 0.15) is 6.10 Å². The number of carbonyl (C=O) groups is 1. The van der Waals surface area contributed by atoms with Crippen LogP contribution in [0, 0.1) is 58.2 Å². The summed E-state index contributed by atoms with van der Waals surface area (Å²) in [5, 5.41) is 32.3. The van der Waals surface area contributed by atoms with Gasteiger partial charge in [-0.15, -0.1) is 0 Å². The minimum Gasteiger partial charge on any atom is -0.465 e. The minimum atomic E-state index is -4.78. The average molecular weight is 575 g/mol. The molecule has 1 aliphatic heterocycles. The first-order valence-electron chi connectivity index (χ1n) is 14.9. The maximum atomic E-state index is 13.1. The normalized spacial score (nSPS) is 43.9. The fourth-order valence-electron chi connectivity index (χ4n) is 9.87. The van der Waals surface area contributed by atoms with E-state index in [1.807, 2.05) is 27.7 Å². The van der Waals surface area contributed by atoms with Gasteiger partial charge < -0.3 is 20.1 Å². The molecule has 13 atom stereocenters. The van der Waals surface area contributed by atoms with Gasteiger partial charge in [0.15, 0.2) is 0 Å². The van der Waals surface area contributed by atoms with Gasteiger partial charge in [0.25, 0.3) is 0 Å². The quantitative estimate of drug-likeness (QED) is 0.252. The van der Waals surface area contributed by atoms with Crippen molar-refractivity contribution in [3.8, 4) is 0 Å². The van der Waals surface area contributed by atoms with Gasteiger partial charge >= 0.3 is 16.4 Å². The Morgan fingerprint density at radius 2 is 1.69 bits per heavy atom. The predicted molar refractivity (Wildman–Crippen MR) is 145 cm³/mol. The number of hydrogen-bond donors (Lipinski definition) is 4. The lowest BCUT2D eigenvalue weighted by atomic mass is 9.48. The molecule has 4 rings (SSSR count). The van der Waals surface area contributed by atoms with Crippen LogP contribution in [0.25, 0.3) is 0 Å². The molecule has 4 fully saturated rings. The number of carbonyl (C=O) groups excluding carboxylic acids is 1. The van der Waals surface area contributed by atoms with Gasteiger partial charge in [0.05, 0.1) is 30.8 Å². The number of aliphatic hydroxyl groups is 3. The Bertz CT molecular complexity index is 1000. The highest BCUT2D eigenvalue weighted by molar-refractivity contribution is 7.80. The van der Waals surface area contributed by atoms with Gasteiger partial charge in [-0.1, -0.05) is 48.0 Å². The molecule has 1 heterocycles. The number of hydrogen-bond acceptors (Lipinski definition) is 8. The first-order valence-corrected chi connectivity index (χ1v) is 16.3. The highest BCUT2D eigenvalue weighted by Crippen LogP contribution is 2.66. The number of ether oxygens (including phenoxy) is 1. The second-order valence-corrected chi connectivity index (χ2v) is 15.1. The average Bonchev–Trinajstić information content (AvgIpc) is 3.14. The highest BCUT2D eigenvalue weighted by Gasteiger charge is 2.63. The largest absolute Gasteiger partial charge is 0.465 e. The lowest BCUT2D eigenvalue weighted by molar-refractivity contribution is -0.162. The van der Waals surface area contributed by atoms with Crippen molar-refractivity contribution in [2.24, 2.45) is 58.2 Å². The van der Waals surface area contributed by atoms with Crippen molar-refractivity contribution >= 4 is 16.4 Å². The van der Waals surface area contributed by atoms with Gasteiger partial charge in [-0.3, -0.25) is 9.35 Å². The molecule has 4 N–H and O–H groups in total. The minimum absolute atomic E-state index is 0.0378. The molecular formula is C29H50O9S. The van der Waals surface area contributed by atoms with E-state index in [0.29, 0.717) is 19.4 Å². The summed E-state index contributed by atoms with van der Waals surface area (Å²) in [6.45, 7) is 12.5. The molecule has 4 aliphatic rings. The van der Waals surface area contributed by atoms with Crippen LogP contribution in [0.1, 0.15) is 86.5 Å². The van der Waals surface area contributed by atoms with Gasteiger partial charge in [-0.2, -0.15) is 8.42 Å². The molecule has 3 saturated carbocycles. The lowest BCUT2D eigenvalue weighted by Gasteiger charge is -2.56. The van der Waals surface area contributed by atoms with E-state index in [0.717, 1.165) is 25.7 Å². The maximum Gasteiger partial charge on any atom is 0.397 e. The Balaban J connectivity index is 1.64. The van der Waals surface area contributed by atoms with E-state index < -0.39 is 46.1 Å². The van der Waals surface area contributed by atoms with E-state index in [9.17, 15) is 33.1 Å². The molecule has 10 heteroatoms. The van der Waals surface area contributed by atoms with Crippen molar-refractivity contribution in [2.75, 3.05) is 6.61 Å². The Labute approximate surface area is 234 Å². The van der Waals surface area contributed by atoms with Crippen molar-refractivity contribution in [3.63, 3.8) is 0 Å². The zero-order valence-electron chi connectivity index (χ0n) is 24.3. The molecule has 39 heavy (non-hydrogen) atoms. The van der Waals surface area contributed by atoms with Gasteiger partial charge in [0, 0.05) is 0 Å². The van der Waals surface area contributed by atoms with Crippen molar-refractivity contribution in [1.29, 1.82) is 0 Å². The van der Waals surface area contributed by atoms with E-state index >= 15 is 0 Å². The van der Waals surface area contributed by atoms with E-state index in [4.69, 9.17) is 8.92 Å². The zero-order valence-corrected chi connectivity index (χ0v) is 25.1. The summed E-state index contributed by atoms with van der Waals surface area (Å²) >= 11 is 0. The van der Waals surface area contributed by atoms with Crippen LogP contribution in [0.3, 0.4) is 0 Å². The SMILES string of the molecule is CC[C@@H](C(C)C)[C@@H](O)[C@H](OS(=O)(=O)O)[C@@H](C)[C@H]1CC[C@H]2[C@@H]3COC(=O)[C@H]4C[C@H](O)[C@H](O)C[C@]4(C)[C@H]3CC[C@]12C. The third-order valence-corrected chi connectivity index (χ3v) is 12.4. The van der Waals surface area contributed by atoms with E-state index in [-0.39, 0.29) is 59.2 Å². The Hall–Kier alpha value is -0.780. The van der Waals surface area contributed by atoms with Crippen LogP contribution >= 0.6 is 0 Å². The van der Waals surface area contributed by atoms with Crippen LogP contribution in [0.4, 0.5) is 0 Å². The number of fused-ring (bicyclic) bond motifs is 5. The summed E-state index contributed by atoms with van der Waals surface area (Å²) < 4.78 is 44.6. The molecule has 0 radical (unpaired) electrons. The van der Waals surface area contributed by atoms with Crippen LogP contribution in [0.5, 0.6) is 0 Å².